The third-order valence-corrected chi connectivity index (χ3v) is 5.28. The van der Waals surface area contributed by atoms with Crippen molar-refractivity contribution in [2.75, 3.05) is 22.5 Å². The first-order valence-corrected chi connectivity index (χ1v) is 10.6. The van der Waals surface area contributed by atoms with Crippen LogP contribution in [-0.4, -0.2) is 39.2 Å². The third kappa shape index (κ3) is 5.32. The van der Waals surface area contributed by atoms with Gasteiger partial charge in [-0.2, -0.15) is 0 Å². The molecule has 0 saturated heterocycles. The second-order valence-electron chi connectivity index (χ2n) is 6.36. The van der Waals surface area contributed by atoms with E-state index in [-0.39, 0.29) is 6.61 Å². The van der Waals surface area contributed by atoms with Crippen LogP contribution in [0.1, 0.15) is 29.8 Å². The lowest BCUT2D eigenvalue weighted by molar-refractivity contribution is -0.116. The van der Waals surface area contributed by atoms with E-state index in [9.17, 15) is 18.0 Å². The Balaban J connectivity index is 2.19. The third-order valence-electron chi connectivity index (χ3n) is 4.04. The lowest BCUT2D eigenvalue weighted by Crippen LogP contribution is -2.45. The summed E-state index contributed by atoms with van der Waals surface area (Å²) in [5.41, 5.74) is 2.21. The van der Waals surface area contributed by atoms with Crippen LogP contribution in [-0.2, 0) is 19.6 Å². The van der Waals surface area contributed by atoms with Crippen LogP contribution < -0.4 is 9.62 Å². The number of amides is 1. The van der Waals surface area contributed by atoms with E-state index < -0.39 is 27.9 Å². The van der Waals surface area contributed by atoms with E-state index in [1.807, 2.05) is 6.92 Å². The monoisotopic (exact) mass is 404 g/mol. The van der Waals surface area contributed by atoms with Gasteiger partial charge in [0.05, 0.1) is 24.1 Å². The number of nitrogens with one attached hydrogen (secondary N) is 1. The van der Waals surface area contributed by atoms with Gasteiger partial charge in [0.1, 0.15) is 6.04 Å². The Morgan fingerprint density at radius 2 is 1.64 bits per heavy atom. The molecule has 0 spiro atoms. The van der Waals surface area contributed by atoms with Gasteiger partial charge in [0, 0.05) is 5.69 Å². The first-order valence-electron chi connectivity index (χ1n) is 8.77. The molecule has 28 heavy (non-hydrogen) atoms. The fraction of sp³-hybridized carbons (Fsp3) is 0.300. The van der Waals surface area contributed by atoms with Crippen LogP contribution in [0.4, 0.5) is 11.4 Å². The lowest BCUT2D eigenvalue weighted by atomic mass is 10.2. The van der Waals surface area contributed by atoms with Crippen LogP contribution in [0.3, 0.4) is 0 Å². The number of nitrogens with zero attached hydrogens (tertiary/aromatic N) is 1. The summed E-state index contributed by atoms with van der Waals surface area (Å²) in [6, 6.07) is 12.1. The minimum Gasteiger partial charge on any atom is -0.462 e. The summed E-state index contributed by atoms with van der Waals surface area (Å²) in [6.45, 7) is 5.40. The molecule has 0 fully saturated rings. The fourth-order valence-corrected chi connectivity index (χ4v) is 3.83. The molecule has 1 amide bonds. The van der Waals surface area contributed by atoms with Crippen molar-refractivity contribution in [1.29, 1.82) is 0 Å². The molecule has 7 nitrogen and oxygen atoms in total. The number of rotatable bonds is 7. The molecule has 1 atom stereocenters. The Morgan fingerprint density at radius 3 is 2.14 bits per heavy atom. The van der Waals surface area contributed by atoms with E-state index >= 15 is 0 Å². The number of hydrogen-bond acceptors (Lipinski definition) is 5. The summed E-state index contributed by atoms with van der Waals surface area (Å²) in [7, 11) is -3.68. The van der Waals surface area contributed by atoms with E-state index in [1.165, 1.54) is 19.1 Å². The van der Waals surface area contributed by atoms with Gasteiger partial charge in [0.2, 0.25) is 15.9 Å². The van der Waals surface area contributed by atoms with Crippen LogP contribution in [0.25, 0.3) is 0 Å². The average Bonchev–Trinajstić information content (AvgIpc) is 2.63. The van der Waals surface area contributed by atoms with Crippen LogP contribution in [0.15, 0.2) is 48.5 Å². The van der Waals surface area contributed by atoms with Crippen molar-refractivity contribution in [3.63, 3.8) is 0 Å². The molecule has 0 heterocycles. The molecule has 1 N–H and O–H groups in total. The van der Waals surface area contributed by atoms with Gasteiger partial charge in [0.15, 0.2) is 0 Å². The molecule has 2 aromatic carbocycles. The van der Waals surface area contributed by atoms with E-state index in [1.54, 1.807) is 43.3 Å². The first-order chi connectivity index (χ1) is 13.1. The number of carbonyl (C=O) groups is 2. The molecule has 0 saturated carbocycles. The predicted octanol–water partition coefficient (Wildman–Crippen LogP) is 2.96. The molecule has 0 aliphatic heterocycles. The number of hydrogen-bond donors (Lipinski definition) is 1. The highest BCUT2D eigenvalue weighted by atomic mass is 32.2. The molecule has 0 bridgehead atoms. The van der Waals surface area contributed by atoms with Crippen LogP contribution in [0, 0.1) is 6.92 Å². The average molecular weight is 404 g/mol. The molecule has 150 valence electrons. The van der Waals surface area contributed by atoms with Gasteiger partial charge in [-0.25, -0.2) is 13.2 Å². The van der Waals surface area contributed by atoms with Crippen molar-refractivity contribution < 1.29 is 22.7 Å². The maximum Gasteiger partial charge on any atom is 0.338 e. The van der Waals surface area contributed by atoms with Gasteiger partial charge in [-0.05, 0) is 57.2 Å². The number of benzene rings is 2. The largest absolute Gasteiger partial charge is 0.462 e. The molecule has 2 aromatic rings. The second kappa shape index (κ2) is 8.88. The van der Waals surface area contributed by atoms with Crippen LogP contribution >= 0.6 is 0 Å². The zero-order valence-electron chi connectivity index (χ0n) is 16.3. The first kappa shape index (κ1) is 21.4. The Hall–Kier alpha value is -2.87. The van der Waals surface area contributed by atoms with Gasteiger partial charge >= 0.3 is 5.97 Å². The molecular formula is C20H24N2O5S. The molecule has 0 radical (unpaired) electrons. The molecular weight excluding hydrogens is 380 g/mol. The van der Waals surface area contributed by atoms with Crippen molar-refractivity contribution >= 4 is 33.3 Å². The molecule has 0 aliphatic rings. The topological polar surface area (TPSA) is 92.8 Å². The normalized spacial score (nSPS) is 12.1. The summed E-state index contributed by atoms with van der Waals surface area (Å²) >= 11 is 0. The zero-order valence-corrected chi connectivity index (χ0v) is 17.1. The Bertz CT molecular complexity index is 938. The molecule has 0 unspecified atom stereocenters. The quantitative estimate of drug-likeness (QED) is 0.716. The van der Waals surface area contributed by atoms with E-state index in [4.69, 9.17) is 4.74 Å². The van der Waals surface area contributed by atoms with Crippen LogP contribution in [0.5, 0.6) is 0 Å². The Morgan fingerprint density at radius 1 is 1.07 bits per heavy atom. The second-order valence-corrected chi connectivity index (χ2v) is 8.22. The lowest BCUT2D eigenvalue weighted by Gasteiger charge is -2.28. The van der Waals surface area contributed by atoms with Crippen molar-refractivity contribution in [3.05, 3.63) is 59.7 Å². The standard InChI is InChI=1S/C20H24N2O5S/c1-5-27-20(24)16-8-10-17(11-9-16)21-19(23)15(3)22(28(4,25)26)18-12-6-14(2)7-13-18/h6-13,15H,5H2,1-4H3,(H,21,23)/t15-/m0/s1. The van der Waals surface area contributed by atoms with Gasteiger partial charge < -0.3 is 10.1 Å². The maximum absolute atomic E-state index is 12.7. The highest BCUT2D eigenvalue weighted by Gasteiger charge is 2.29. The summed E-state index contributed by atoms with van der Waals surface area (Å²) in [5, 5.41) is 2.68. The molecule has 0 aromatic heterocycles. The number of esters is 1. The Kier molecular flexibility index (Phi) is 6.80. The number of sulfonamides is 1. The van der Waals surface area contributed by atoms with Gasteiger partial charge in [-0.1, -0.05) is 17.7 Å². The molecule has 2 rings (SSSR count). The summed E-state index contributed by atoms with van der Waals surface area (Å²) in [4.78, 5) is 24.3. The zero-order chi connectivity index (χ0) is 20.9. The smallest absolute Gasteiger partial charge is 0.338 e. The van der Waals surface area contributed by atoms with Crippen LogP contribution in [0.2, 0.25) is 0 Å². The minimum absolute atomic E-state index is 0.273. The van der Waals surface area contributed by atoms with Gasteiger partial charge in [0.25, 0.3) is 0 Å². The number of anilines is 2. The van der Waals surface area contributed by atoms with Crippen molar-refractivity contribution in [2.45, 2.75) is 26.8 Å². The number of ether oxygens (including phenoxy) is 1. The Labute approximate surface area is 165 Å². The highest BCUT2D eigenvalue weighted by Crippen LogP contribution is 2.22. The fourth-order valence-electron chi connectivity index (χ4n) is 2.65. The minimum atomic E-state index is -3.68. The summed E-state index contributed by atoms with van der Waals surface area (Å²) < 4.78 is 30.6. The number of carbonyl (C=O) groups excluding carboxylic acids is 2. The highest BCUT2D eigenvalue weighted by molar-refractivity contribution is 7.92. The maximum atomic E-state index is 12.7. The van der Waals surface area contributed by atoms with E-state index in [2.05, 4.69) is 5.32 Å². The van der Waals surface area contributed by atoms with E-state index in [0.29, 0.717) is 16.9 Å². The van der Waals surface area contributed by atoms with Crippen molar-refractivity contribution in [2.24, 2.45) is 0 Å². The van der Waals surface area contributed by atoms with Gasteiger partial charge in [-0.3, -0.25) is 9.10 Å². The molecule has 0 aliphatic carbocycles. The summed E-state index contributed by atoms with van der Waals surface area (Å²) in [6.07, 6.45) is 1.06. The van der Waals surface area contributed by atoms with Gasteiger partial charge in [-0.15, -0.1) is 0 Å². The number of aryl methyl sites for hydroxylation is 1. The summed E-state index contributed by atoms with van der Waals surface area (Å²) in [5.74, 6) is -0.939. The van der Waals surface area contributed by atoms with Crippen molar-refractivity contribution in [3.8, 4) is 0 Å². The molecule has 8 heteroatoms. The predicted molar refractivity (Wildman–Crippen MR) is 109 cm³/mol. The van der Waals surface area contributed by atoms with E-state index in [0.717, 1.165) is 16.1 Å². The SMILES string of the molecule is CCOC(=O)c1ccc(NC(=O)[C@H](C)N(c2ccc(C)cc2)S(C)(=O)=O)cc1. The van der Waals surface area contributed by atoms with Crippen molar-refractivity contribution in [1.82, 2.24) is 0 Å².